The highest BCUT2D eigenvalue weighted by Gasteiger charge is 2.17. The SMILES string of the molecule is OC(c1ccc(OCc2ccccc2)cc1)C1C=CC=C1. The minimum atomic E-state index is -0.497. The van der Waals surface area contributed by atoms with Crippen molar-refractivity contribution in [1.82, 2.24) is 0 Å². The quantitative estimate of drug-likeness (QED) is 0.894. The summed E-state index contributed by atoms with van der Waals surface area (Å²) in [7, 11) is 0. The molecule has 21 heavy (non-hydrogen) atoms. The molecule has 2 aromatic rings. The second-order valence-corrected chi connectivity index (χ2v) is 5.14. The summed E-state index contributed by atoms with van der Waals surface area (Å²) in [6.45, 7) is 0.552. The van der Waals surface area contributed by atoms with Gasteiger partial charge in [0.15, 0.2) is 0 Å². The van der Waals surface area contributed by atoms with Crippen LogP contribution >= 0.6 is 0 Å². The van der Waals surface area contributed by atoms with Gasteiger partial charge < -0.3 is 9.84 Å². The van der Waals surface area contributed by atoms with Gasteiger partial charge in [-0.15, -0.1) is 0 Å². The van der Waals surface area contributed by atoms with Crippen LogP contribution in [-0.2, 0) is 6.61 Å². The monoisotopic (exact) mass is 278 g/mol. The fourth-order valence-corrected chi connectivity index (χ4v) is 2.38. The maximum Gasteiger partial charge on any atom is 0.119 e. The highest BCUT2D eigenvalue weighted by Crippen LogP contribution is 2.28. The highest BCUT2D eigenvalue weighted by atomic mass is 16.5. The van der Waals surface area contributed by atoms with E-state index in [4.69, 9.17) is 4.74 Å². The maximum absolute atomic E-state index is 10.3. The average Bonchev–Trinajstić information content (AvgIpc) is 3.08. The second kappa shape index (κ2) is 6.42. The van der Waals surface area contributed by atoms with Crippen molar-refractivity contribution < 1.29 is 9.84 Å². The maximum atomic E-state index is 10.3. The second-order valence-electron chi connectivity index (χ2n) is 5.14. The van der Waals surface area contributed by atoms with E-state index in [-0.39, 0.29) is 5.92 Å². The third-order valence-electron chi connectivity index (χ3n) is 3.61. The number of rotatable bonds is 5. The van der Waals surface area contributed by atoms with E-state index in [1.54, 1.807) is 0 Å². The third-order valence-corrected chi connectivity index (χ3v) is 3.61. The van der Waals surface area contributed by atoms with Gasteiger partial charge in [0.2, 0.25) is 0 Å². The normalized spacial score (nSPS) is 15.3. The first-order chi connectivity index (χ1) is 10.3. The first-order valence-corrected chi connectivity index (χ1v) is 7.13. The molecule has 106 valence electrons. The van der Waals surface area contributed by atoms with Crippen molar-refractivity contribution in [2.75, 3.05) is 0 Å². The first-order valence-electron chi connectivity index (χ1n) is 7.13. The Morgan fingerprint density at radius 1 is 0.905 bits per heavy atom. The smallest absolute Gasteiger partial charge is 0.119 e. The first kappa shape index (κ1) is 13.7. The Bertz CT molecular complexity index is 614. The zero-order chi connectivity index (χ0) is 14.5. The number of aliphatic hydroxyl groups excluding tert-OH is 1. The Kier molecular flexibility index (Phi) is 4.17. The third kappa shape index (κ3) is 3.41. The molecule has 1 atom stereocenters. The lowest BCUT2D eigenvalue weighted by Gasteiger charge is -2.15. The number of aliphatic hydroxyl groups is 1. The minimum Gasteiger partial charge on any atom is -0.489 e. The van der Waals surface area contributed by atoms with Gasteiger partial charge in [-0.25, -0.2) is 0 Å². The summed E-state index contributed by atoms with van der Waals surface area (Å²) in [6, 6.07) is 17.7. The fourth-order valence-electron chi connectivity index (χ4n) is 2.38. The zero-order valence-corrected chi connectivity index (χ0v) is 11.7. The molecule has 0 spiro atoms. The number of hydrogen-bond donors (Lipinski definition) is 1. The zero-order valence-electron chi connectivity index (χ0n) is 11.7. The molecule has 1 aliphatic carbocycles. The van der Waals surface area contributed by atoms with E-state index in [1.807, 2.05) is 78.9 Å². The summed E-state index contributed by atoms with van der Waals surface area (Å²) < 4.78 is 5.74. The Morgan fingerprint density at radius 3 is 2.24 bits per heavy atom. The van der Waals surface area contributed by atoms with Crippen LogP contribution in [0, 0.1) is 5.92 Å². The Morgan fingerprint density at radius 2 is 1.57 bits per heavy atom. The molecule has 1 aliphatic rings. The lowest BCUT2D eigenvalue weighted by atomic mass is 9.97. The van der Waals surface area contributed by atoms with Crippen molar-refractivity contribution in [2.45, 2.75) is 12.7 Å². The van der Waals surface area contributed by atoms with E-state index in [0.29, 0.717) is 6.61 Å². The molecular weight excluding hydrogens is 260 g/mol. The van der Waals surface area contributed by atoms with Gasteiger partial charge in [0, 0.05) is 5.92 Å². The van der Waals surface area contributed by atoms with Gasteiger partial charge in [-0.3, -0.25) is 0 Å². The van der Waals surface area contributed by atoms with Gasteiger partial charge in [-0.05, 0) is 23.3 Å². The van der Waals surface area contributed by atoms with Crippen LogP contribution in [0.15, 0.2) is 78.9 Å². The van der Waals surface area contributed by atoms with Crippen molar-refractivity contribution >= 4 is 0 Å². The number of hydrogen-bond acceptors (Lipinski definition) is 2. The predicted molar refractivity (Wildman–Crippen MR) is 83.9 cm³/mol. The largest absolute Gasteiger partial charge is 0.489 e. The molecule has 1 N–H and O–H groups in total. The average molecular weight is 278 g/mol. The summed E-state index contributed by atoms with van der Waals surface area (Å²) >= 11 is 0. The van der Waals surface area contributed by atoms with Gasteiger partial charge >= 0.3 is 0 Å². The molecule has 1 unspecified atom stereocenters. The highest BCUT2D eigenvalue weighted by molar-refractivity contribution is 5.31. The summed E-state index contributed by atoms with van der Waals surface area (Å²) in [4.78, 5) is 0. The van der Waals surface area contributed by atoms with Crippen LogP contribution in [0.3, 0.4) is 0 Å². The molecule has 0 saturated heterocycles. The van der Waals surface area contributed by atoms with E-state index in [1.165, 1.54) is 0 Å². The van der Waals surface area contributed by atoms with E-state index in [2.05, 4.69) is 0 Å². The molecule has 0 bridgehead atoms. The predicted octanol–water partition coefficient (Wildman–Crippen LogP) is 4.04. The Hall–Kier alpha value is -2.32. The minimum absolute atomic E-state index is 0.0705. The van der Waals surface area contributed by atoms with Crippen molar-refractivity contribution in [3.8, 4) is 5.75 Å². The molecule has 2 heteroatoms. The summed E-state index contributed by atoms with van der Waals surface area (Å²) in [6.07, 6.45) is 7.44. The van der Waals surface area contributed by atoms with Gasteiger partial charge in [-0.2, -0.15) is 0 Å². The molecular formula is C19H18O2. The van der Waals surface area contributed by atoms with Crippen LogP contribution in [0.2, 0.25) is 0 Å². The van der Waals surface area contributed by atoms with Crippen LogP contribution in [0.1, 0.15) is 17.2 Å². The van der Waals surface area contributed by atoms with Crippen LogP contribution in [0.25, 0.3) is 0 Å². The lowest BCUT2D eigenvalue weighted by Crippen LogP contribution is -2.06. The molecule has 0 amide bonds. The van der Waals surface area contributed by atoms with E-state index < -0.39 is 6.10 Å². The summed E-state index contributed by atoms with van der Waals surface area (Å²) in [5, 5.41) is 10.3. The molecule has 0 saturated carbocycles. The Labute approximate surface area is 125 Å². The topological polar surface area (TPSA) is 29.5 Å². The molecule has 0 radical (unpaired) electrons. The van der Waals surface area contributed by atoms with Gasteiger partial charge in [0.1, 0.15) is 12.4 Å². The van der Waals surface area contributed by atoms with E-state index in [0.717, 1.165) is 16.9 Å². The van der Waals surface area contributed by atoms with Gasteiger partial charge in [0.05, 0.1) is 6.10 Å². The van der Waals surface area contributed by atoms with Gasteiger partial charge in [-0.1, -0.05) is 66.8 Å². The van der Waals surface area contributed by atoms with Crippen molar-refractivity contribution in [3.63, 3.8) is 0 Å². The molecule has 3 rings (SSSR count). The van der Waals surface area contributed by atoms with Crippen LogP contribution in [0.4, 0.5) is 0 Å². The molecule has 0 heterocycles. The van der Waals surface area contributed by atoms with Crippen molar-refractivity contribution in [1.29, 1.82) is 0 Å². The lowest BCUT2D eigenvalue weighted by molar-refractivity contribution is 0.152. The Balaban J connectivity index is 1.61. The fraction of sp³-hybridized carbons (Fsp3) is 0.158. The van der Waals surface area contributed by atoms with Crippen LogP contribution < -0.4 is 4.74 Å². The van der Waals surface area contributed by atoms with E-state index >= 15 is 0 Å². The molecule has 2 aromatic carbocycles. The van der Waals surface area contributed by atoms with Gasteiger partial charge in [0.25, 0.3) is 0 Å². The number of benzene rings is 2. The number of ether oxygens (including phenoxy) is 1. The molecule has 0 aromatic heterocycles. The van der Waals surface area contributed by atoms with E-state index in [9.17, 15) is 5.11 Å². The molecule has 0 aliphatic heterocycles. The standard InChI is InChI=1S/C19H18O2/c20-19(16-8-4-5-9-16)17-10-12-18(13-11-17)21-14-15-6-2-1-3-7-15/h1-13,16,19-20H,14H2. The molecule has 0 fully saturated rings. The van der Waals surface area contributed by atoms with Crippen molar-refractivity contribution in [2.24, 2.45) is 5.92 Å². The van der Waals surface area contributed by atoms with Crippen LogP contribution in [0.5, 0.6) is 5.75 Å². The number of allylic oxidation sites excluding steroid dienone is 2. The molecule has 2 nitrogen and oxygen atoms in total. The van der Waals surface area contributed by atoms with Crippen LogP contribution in [-0.4, -0.2) is 5.11 Å². The van der Waals surface area contributed by atoms with Crippen molar-refractivity contribution in [3.05, 3.63) is 90.0 Å². The summed E-state index contributed by atoms with van der Waals surface area (Å²) in [5.74, 6) is 0.883. The summed E-state index contributed by atoms with van der Waals surface area (Å²) in [5.41, 5.74) is 2.05.